The molecule has 0 unspecified atom stereocenters. The van der Waals surface area contributed by atoms with E-state index in [1.54, 1.807) is 6.20 Å². The van der Waals surface area contributed by atoms with Crippen LogP contribution in [0.3, 0.4) is 0 Å². The van der Waals surface area contributed by atoms with E-state index < -0.39 is 0 Å². The molecule has 0 aliphatic heterocycles. The first-order valence-electron chi connectivity index (χ1n) is 5.26. The van der Waals surface area contributed by atoms with Crippen LogP contribution in [0.1, 0.15) is 11.3 Å². The predicted molar refractivity (Wildman–Crippen MR) is 75.5 cm³/mol. The van der Waals surface area contributed by atoms with Gasteiger partial charge in [-0.3, -0.25) is 4.98 Å². The molecule has 4 heteroatoms. The maximum Gasteiger partial charge on any atom is 0.0638 e. The first-order valence-corrected chi connectivity index (χ1v) is 6.43. The second-order valence-electron chi connectivity index (χ2n) is 3.74. The zero-order valence-corrected chi connectivity index (χ0v) is 11.7. The summed E-state index contributed by atoms with van der Waals surface area (Å²) in [6.07, 6.45) is 1.80. The summed E-state index contributed by atoms with van der Waals surface area (Å²) in [5.41, 5.74) is 3.11. The molecule has 0 saturated carbocycles. The lowest BCUT2D eigenvalue weighted by molar-refractivity contribution is 1.02. The van der Waals surface area contributed by atoms with Crippen LogP contribution >= 0.6 is 27.5 Å². The van der Waals surface area contributed by atoms with Crippen molar-refractivity contribution in [2.24, 2.45) is 0 Å². The number of aryl methyl sites for hydroxylation is 1. The topological polar surface area (TPSA) is 24.9 Å². The molecule has 0 amide bonds. The number of nitrogens with zero attached hydrogens (tertiary/aromatic N) is 1. The van der Waals surface area contributed by atoms with Crippen molar-refractivity contribution in [3.63, 3.8) is 0 Å². The van der Waals surface area contributed by atoms with E-state index in [-0.39, 0.29) is 0 Å². The van der Waals surface area contributed by atoms with Crippen LogP contribution in [-0.4, -0.2) is 4.98 Å². The summed E-state index contributed by atoms with van der Waals surface area (Å²) in [6.45, 7) is 2.72. The Labute approximate surface area is 114 Å². The van der Waals surface area contributed by atoms with Crippen molar-refractivity contribution in [2.45, 2.75) is 13.5 Å². The van der Waals surface area contributed by atoms with Crippen molar-refractivity contribution in [1.82, 2.24) is 4.98 Å². The predicted octanol–water partition coefficient (Wildman–Crippen LogP) is 4.42. The Morgan fingerprint density at radius 2 is 2.18 bits per heavy atom. The van der Waals surface area contributed by atoms with Gasteiger partial charge in [0.2, 0.25) is 0 Å². The number of aromatic nitrogens is 1. The Hall–Kier alpha value is -1.06. The summed E-state index contributed by atoms with van der Waals surface area (Å²) in [4.78, 5) is 4.33. The second kappa shape index (κ2) is 5.52. The van der Waals surface area contributed by atoms with Crippen molar-refractivity contribution in [1.29, 1.82) is 0 Å². The van der Waals surface area contributed by atoms with Gasteiger partial charge in [-0.1, -0.05) is 33.6 Å². The number of hydrogen-bond donors (Lipinski definition) is 1. The molecule has 0 saturated heterocycles. The summed E-state index contributed by atoms with van der Waals surface area (Å²) < 4.78 is 1.00. The minimum absolute atomic E-state index is 0.669. The van der Waals surface area contributed by atoms with Gasteiger partial charge in [0.25, 0.3) is 0 Å². The van der Waals surface area contributed by atoms with E-state index in [0.29, 0.717) is 11.6 Å². The number of hydrogen-bond acceptors (Lipinski definition) is 2. The van der Waals surface area contributed by atoms with Crippen LogP contribution in [0.4, 0.5) is 5.69 Å². The first-order chi connectivity index (χ1) is 8.16. The van der Waals surface area contributed by atoms with E-state index in [1.165, 1.54) is 5.56 Å². The van der Waals surface area contributed by atoms with Gasteiger partial charge in [-0.15, -0.1) is 0 Å². The third-order valence-corrected chi connectivity index (χ3v) is 3.32. The molecule has 2 rings (SSSR count). The van der Waals surface area contributed by atoms with Crippen molar-refractivity contribution >= 4 is 33.2 Å². The Morgan fingerprint density at radius 1 is 1.35 bits per heavy atom. The van der Waals surface area contributed by atoms with Gasteiger partial charge in [-0.05, 0) is 36.8 Å². The standard InChI is InChI=1S/C13H12BrClN2/c1-9-3-2-6-16-13(9)8-17-12-7-10(14)4-5-11(12)15/h2-7,17H,8H2,1H3. The highest BCUT2D eigenvalue weighted by Gasteiger charge is 2.02. The fourth-order valence-corrected chi connectivity index (χ4v) is 2.06. The highest BCUT2D eigenvalue weighted by molar-refractivity contribution is 9.10. The molecule has 2 aromatic rings. The number of anilines is 1. The molecular formula is C13H12BrClN2. The largest absolute Gasteiger partial charge is 0.378 e. The number of benzene rings is 1. The second-order valence-corrected chi connectivity index (χ2v) is 5.07. The SMILES string of the molecule is Cc1cccnc1CNc1cc(Br)ccc1Cl. The lowest BCUT2D eigenvalue weighted by Crippen LogP contribution is -2.03. The minimum atomic E-state index is 0.669. The molecule has 0 aliphatic carbocycles. The Balaban J connectivity index is 2.12. The quantitative estimate of drug-likeness (QED) is 0.907. The summed E-state index contributed by atoms with van der Waals surface area (Å²) >= 11 is 9.52. The highest BCUT2D eigenvalue weighted by Crippen LogP contribution is 2.26. The van der Waals surface area contributed by atoms with E-state index >= 15 is 0 Å². The van der Waals surface area contributed by atoms with Crippen LogP contribution < -0.4 is 5.32 Å². The molecule has 0 bridgehead atoms. The van der Waals surface area contributed by atoms with E-state index in [9.17, 15) is 0 Å². The van der Waals surface area contributed by atoms with Crippen molar-refractivity contribution in [3.8, 4) is 0 Å². The van der Waals surface area contributed by atoms with Gasteiger partial charge in [0.15, 0.2) is 0 Å². The van der Waals surface area contributed by atoms with Gasteiger partial charge in [-0.25, -0.2) is 0 Å². The normalized spacial score (nSPS) is 10.3. The third-order valence-electron chi connectivity index (χ3n) is 2.49. The number of halogens is 2. The lowest BCUT2D eigenvalue weighted by atomic mass is 10.2. The Morgan fingerprint density at radius 3 is 2.94 bits per heavy atom. The van der Waals surface area contributed by atoms with Crippen LogP contribution in [0, 0.1) is 6.92 Å². The summed E-state index contributed by atoms with van der Waals surface area (Å²) in [5, 5.41) is 4.00. The molecule has 17 heavy (non-hydrogen) atoms. The van der Waals surface area contributed by atoms with Crippen LogP contribution in [-0.2, 0) is 6.54 Å². The Kier molecular flexibility index (Phi) is 4.02. The summed E-state index contributed by atoms with van der Waals surface area (Å²) in [5.74, 6) is 0. The van der Waals surface area contributed by atoms with Gasteiger partial charge in [0, 0.05) is 10.7 Å². The maximum absolute atomic E-state index is 6.10. The van der Waals surface area contributed by atoms with Gasteiger partial charge in [0.1, 0.15) is 0 Å². The first kappa shape index (κ1) is 12.4. The summed E-state index contributed by atoms with van der Waals surface area (Å²) in [7, 11) is 0. The smallest absolute Gasteiger partial charge is 0.0638 e. The van der Waals surface area contributed by atoms with Gasteiger partial charge in [0.05, 0.1) is 22.9 Å². The molecule has 1 heterocycles. The van der Waals surface area contributed by atoms with Gasteiger partial charge in [-0.2, -0.15) is 0 Å². The fraction of sp³-hybridized carbons (Fsp3) is 0.154. The van der Waals surface area contributed by atoms with Crippen molar-refractivity contribution < 1.29 is 0 Å². The maximum atomic E-state index is 6.10. The monoisotopic (exact) mass is 310 g/mol. The Bertz CT molecular complexity index is 529. The zero-order chi connectivity index (χ0) is 12.3. The van der Waals surface area contributed by atoms with Gasteiger partial charge < -0.3 is 5.32 Å². The molecule has 1 aromatic heterocycles. The molecular weight excluding hydrogens is 300 g/mol. The van der Waals surface area contributed by atoms with Crippen LogP contribution in [0.15, 0.2) is 41.0 Å². The van der Waals surface area contributed by atoms with Crippen LogP contribution in [0.5, 0.6) is 0 Å². The van der Waals surface area contributed by atoms with Crippen molar-refractivity contribution in [2.75, 3.05) is 5.32 Å². The average molecular weight is 312 g/mol. The molecule has 0 fully saturated rings. The van der Waals surface area contributed by atoms with E-state index in [0.717, 1.165) is 15.9 Å². The number of rotatable bonds is 3. The molecule has 0 aliphatic rings. The molecule has 2 nitrogen and oxygen atoms in total. The third kappa shape index (κ3) is 3.20. The summed E-state index contributed by atoms with van der Waals surface area (Å²) in [6, 6.07) is 9.72. The van der Waals surface area contributed by atoms with Crippen LogP contribution in [0.25, 0.3) is 0 Å². The molecule has 1 aromatic carbocycles. The number of pyridine rings is 1. The van der Waals surface area contributed by atoms with E-state index in [4.69, 9.17) is 11.6 Å². The molecule has 1 N–H and O–H groups in total. The average Bonchev–Trinajstić information content (AvgIpc) is 2.32. The lowest BCUT2D eigenvalue weighted by Gasteiger charge is -2.09. The zero-order valence-electron chi connectivity index (χ0n) is 9.37. The fourth-order valence-electron chi connectivity index (χ4n) is 1.52. The van der Waals surface area contributed by atoms with E-state index in [2.05, 4.69) is 26.2 Å². The minimum Gasteiger partial charge on any atom is -0.378 e. The highest BCUT2D eigenvalue weighted by atomic mass is 79.9. The molecule has 0 spiro atoms. The number of nitrogens with one attached hydrogen (secondary N) is 1. The molecule has 0 radical (unpaired) electrons. The van der Waals surface area contributed by atoms with Crippen molar-refractivity contribution in [3.05, 3.63) is 57.3 Å². The van der Waals surface area contributed by atoms with Crippen LogP contribution in [0.2, 0.25) is 5.02 Å². The van der Waals surface area contributed by atoms with E-state index in [1.807, 2.05) is 37.3 Å². The van der Waals surface area contributed by atoms with Gasteiger partial charge >= 0.3 is 0 Å². The molecule has 0 atom stereocenters. The molecule has 88 valence electrons.